The largest absolute Gasteiger partial charge is 0.376 e. The Balaban J connectivity index is 1.43. The van der Waals surface area contributed by atoms with Crippen LogP contribution < -0.4 is 0 Å². The summed E-state index contributed by atoms with van der Waals surface area (Å²) in [5.74, 6) is 6.62. The lowest BCUT2D eigenvalue weighted by Crippen LogP contribution is -2.58. The Bertz CT molecular complexity index is 1010. The van der Waals surface area contributed by atoms with E-state index in [2.05, 4.69) is 22.8 Å². The van der Waals surface area contributed by atoms with E-state index in [0.29, 0.717) is 13.0 Å². The number of rotatable bonds is 1. The summed E-state index contributed by atoms with van der Waals surface area (Å²) >= 11 is 0. The van der Waals surface area contributed by atoms with Crippen molar-refractivity contribution in [3.63, 3.8) is 0 Å². The zero-order valence-electron chi connectivity index (χ0n) is 14.9. The highest BCUT2D eigenvalue weighted by molar-refractivity contribution is 5.78. The molecular formula is C22H20N2O3. The van der Waals surface area contributed by atoms with Gasteiger partial charge in [0.05, 0.1) is 4.92 Å². The molecule has 0 spiro atoms. The fourth-order valence-corrected chi connectivity index (χ4v) is 4.75. The van der Waals surface area contributed by atoms with Gasteiger partial charge in [0, 0.05) is 30.2 Å². The average molecular weight is 360 g/mol. The normalized spacial score (nSPS) is 27.4. The number of hydrogen-bond donors (Lipinski definition) is 1. The number of hydrogen-bond acceptors (Lipinski definition) is 4. The van der Waals surface area contributed by atoms with Gasteiger partial charge in [-0.15, -0.1) is 0 Å². The van der Waals surface area contributed by atoms with Gasteiger partial charge in [0.2, 0.25) is 0 Å². The lowest BCUT2D eigenvalue weighted by molar-refractivity contribution is -0.384. The number of benzene rings is 2. The molecule has 5 heteroatoms. The van der Waals surface area contributed by atoms with E-state index < -0.39 is 5.60 Å². The highest BCUT2D eigenvalue weighted by atomic mass is 16.6. The van der Waals surface area contributed by atoms with Crippen LogP contribution in [0.1, 0.15) is 29.5 Å². The maximum absolute atomic E-state index is 11.0. The van der Waals surface area contributed by atoms with Crippen LogP contribution in [0.2, 0.25) is 0 Å². The van der Waals surface area contributed by atoms with Crippen LogP contribution in [-0.2, 0) is 6.42 Å². The minimum Gasteiger partial charge on any atom is -0.376 e. The Morgan fingerprint density at radius 3 is 2.48 bits per heavy atom. The quantitative estimate of drug-likeness (QED) is 0.412. The maximum atomic E-state index is 11.0. The topological polar surface area (TPSA) is 66.6 Å². The van der Waals surface area contributed by atoms with Crippen LogP contribution in [0.4, 0.5) is 5.69 Å². The summed E-state index contributed by atoms with van der Waals surface area (Å²) in [7, 11) is 0. The summed E-state index contributed by atoms with van der Waals surface area (Å²) < 4.78 is 0. The molecule has 2 bridgehead atoms. The Labute approximate surface area is 157 Å². The van der Waals surface area contributed by atoms with E-state index in [1.807, 2.05) is 18.2 Å². The molecule has 1 atom stereocenters. The van der Waals surface area contributed by atoms with Crippen LogP contribution in [0, 0.1) is 27.9 Å². The van der Waals surface area contributed by atoms with Crippen molar-refractivity contribution in [2.75, 3.05) is 19.6 Å². The van der Waals surface area contributed by atoms with Crippen molar-refractivity contribution < 1.29 is 10.0 Å². The molecule has 27 heavy (non-hydrogen) atoms. The van der Waals surface area contributed by atoms with Crippen molar-refractivity contribution in [3.8, 4) is 23.0 Å². The van der Waals surface area contributed by atoms with E-state index in [4.69, 9.17) is 0 Å². The van der Waals surface area contributed by atoms with E-state index in [0.717, 1.165) is 53.7 Å². The van der Waals surface area contributed by atoms with Gasteiger partial charge in [-0.2, -0.15) is 0 Å². The molecule has 136 valence electrons. The van der Waals surface area contributed by atoms with Crippen molar-refractivity contribution in [2.45, 2.75) is 24.9 Å². The Kier molecular flexibility index (Phi) is 3.61. The third-order valence-electron chi connectivity index (χ3n) is 6.23. The monoisotopic (exact) mass is 360 g/mol. The number of piperidine rings is 3. The van der Waals surface area contributed by atoms with Crippen molar-refractivity contribution in [1.29, 1.82) is 0 Å². The van der Waals surface area contributed by atoms with Crippen LogP contribution in [0.15, 0.2) is 36.4 Å². The van der Waals surface area contributed by atoms with Crippen LogP contribution >= 0.6 is 0 Å². The smallest absolute Gasteiger partial charge is 0.269 e. The summed E-state index contributed by atoms with van der Waals surface area (Å²) in [5, 5.41) is 22.0. The third-order valence-corrected chi connectivity index (χ3v) is 6.23. The number of non-ortho nitro benzene ring substituents is 1. The molecule has 3 heterocycles. The van der Waals surface area contributed by atoms with E-state index in [-0.39, 0.29) is 16.5 Å². The first-order valence-corrected chi connectivity index (χ1v) is 9.40. The van der Waals surface area contributed by atoms with Gasteiger partial charge in [-0.05, 0) is 72.8 Å². The maximum Gasteiger partial charge on any atom is 0.269 e. The lowest BCUT2D eigenvalue weighted by Gasteiger charge is -2.47. The number of aliphatic hydroxyl groups is 1. The number of nitro groups is 1. The SMILES string of the molecule is O=[N+]([O-])c1ccc2c(c1)Cc1cc(C#CC3(O)CN4CCC3CC4)ccc1-2. The molecule has 2 aromatic carbocycles. The van der Waals surface area contributed by atoms with Crippen LogP contribution in [-0.4, -0.2) is 40.2 Å². The Hall–Kier alpha value is -2.68. The number of nitrogens with zero attached hydrogens (tertiary/aromatic N) is 2. The highest BCUT2D eigenvalue weighted by Gasteiger charge is 2.44. The molecule has 3 saturated heterocycles. The standard InChI is InChI=1S/C22H20N2O3/c25-22(14-23-9-6-18(22)7-10-23)8-5-15-1-3-20-16(11-15)12-17-13-19(24(26)27)2-4-21(17)20/h1-4,11,13,18,25H,6-7,9-10,12,14H2. The van der Waals surface area contributed by atoms with Crippen LogP contribution in [0.3, 0.4) is 0 Å². The van der Waals surface area contributed by atoms with Gasteiger partial charge in [-0.25, -0.2) is 0 Å². The second-order valence-electron chi connectivity index (χ2n) is 7.87. The second kappa shape index (κ2) is 5.91. The summed E-state index contributed by atoms with van der Waals surface area (Å²) in [6, 6.07) is 11.1. The summed E-state index contributed by atoms with van der Waals surface area (Å²) in [4.78, 5) is 12.9. The number of nitro benzene ring substituents is 1. The van der Waals surface area contributed by atoms with Gasteiger partial charge in [-0.1, -0.05) is 17.9 Å². The van der Waals surface area contributed by atoms with Crippen LogP contribution in [0.5, 0.6) is 0 Å². The molecule has 3 aliphatic heterocycles. The Morgan fingerprint density at radius 2 is 1.81 bits per heavy atom. The van der Waals surface area contributed by atoms with Gasteiger partial charge >= 0.3 is 0 Å². The van der Waals surface area contributed by atoms with Crippen molar-refractivity contribution in [1.82, 2.24) is 4.90 Å². The van der Waals surface area contributed by atoms with Crippen molar-refractivity contribution >= 4 is 5.69 Å². The zero-order valence-corrected chi connectivity index (χ0v) is 14.9. The average Bonchev–Trinajstić information content (AvgIpc) is 3.04. The molecule has 0 aromatic heterocycles. The van der Waals surface area contributed by atoms with Gasteiger partial charge in [-0.3, -0.25) is 15.0 Å². The van der Waals surface area contributed by atoms with E-state index in [9.17, 15) is 15.2 Å². The first-order valence-electron chi connectivity index (χ1n) is 9.40. The third kappa shape index (κ3) is 2.73. The molecule has 5 nitrogen and oxygen atoms in total. The first kappa shape index (κ1) is 16.5. The molecule has 1 N–H and O–H groups in total. The first-order chi connectivity index (χ1) is 13.0. The molecule has 6 rings (SSSR count). The fourth-order valence-electron chi connectivity index (χ4n) is 4.75. The van der Waals surface area contributed by atoms with Gasteiger partial charge < -0.3 is 5.11 Å². The van der Waals surface area contributed by atoms with E-state index in [1.54, 1.807) is 12.1 Å². The zero-order chi connectivity index (χ0) is 18.6. The molecule has 1 unspecified atom stereocenters. The van der Waals surface area contributed by atoms with Crippen LogP contribution in [0.25, 0.3) is 11.1 Å². The van der Waals surface area contributed by atoms with E-state index >= 15 is 0 Å². The van der Waals surface area contributed by atoms with Crippen molar-refractivity contribution in [3.05, 3.63) is 63.2 Å². The predicted octanol–water partition coefficient (Wildman–Crippen LogP) is 2.97. The number of fused-ring (bicyclic) bond motifs is 6. The van der Waals surface area contributed by atoms with E-state index in [1.165, 1.54) is 0 Å². The molecule has 0 amide bonds. The minimum atomic E-state index is -0.904. The van der Waals surface area contributed by atoms with Gasteiger partial charge in [0.25, 0.3) is 5.69 Å². The van der Waals surface area contributed by atoms with Crippen molar-refractivity contribution in [2.24, 2.45) is 5.92 Å². The summed E-state index contributed by atoms with van der Waals surface area (Å²) in [6.45, 7) is 2.78. The molecule has 0 saturated carbocycles. The second-order valence-corrected chi connectivity index (χ2v) is 7.87. The molecular weight excluding hydrogens is 340 g/mol. The fraction of sp³-hybridized carbons (Fsp3) is 0.364. The van der Waals surface area contributed by atoms with Gasteiger partial charge in [0.15, 0.2) is 0 Å². The molecule has 3 fully saturated rings. The lowest BCUT2D eigenvalue weighted by atomic mass is 9.76. The molecule has 4 aliphatic rings. The Morgan fingerprint density at radius 1 is 1.11 bits per heavy atom. The highest BCUT2D eigenvalue weighted by Crippen LogP contribution is 2.39. The molecule has 0 radical (unpaired) electrons. The molecule has 2 aromatic rings. The minimum absolute atomic E-state index is 0.131. The summed E-state index contributed by atoms with van der Waals surface area (Å²) in [5.41, 5.74) is 4.42. The molecule has 1 aliphatic carbocycles. The summed E-state index contributed by atoms with van der Waals surface area (Å²) in [6.07, 6.45) is 2.72. The predicted molar refractivity (Wildman–Crippen MR) is 102 cm³/mol. The van der Waals surface area contributed by atoms with Gasteiger partial charge in [0.1, 0.15) is 5.60 Å².